The highest BCUT2D eigenvalue weighted by Gasteiger charge is 2.47. The first-order valence-electron chi connectivity index (χ1n) is 16.3. The second-order valence-electron chi connectivity index (χ2n) is 14.0. The van der Waals surface area contributed by atoms with Gasteiger partial charge in [-0.3, -0.25) is 9.59 Å². The third kappa shape index (κ3) is 7.76. The molecule has 3 atom stereocenters. The van der Waals surface area contributed by atoms with Crippen molar-refractivity contribution in [1.82, 2.24) is 20.2 Å². The number of carboxylic acid groups (broad SMARTS) is 1. The van der Waals surface area contributed by atoms with E-state index >= 15 is 0 Å². The third-order valence-electron chi connectivity index (χ3n) is 9.77. The van der Waals surface area contributed by atoms with Gasteiger partial charge in [-0.15, -0.1) is 0 Å². The summed E-state index contributed by atoms with van der Waals surface area (Å²) in [6.45, 7) is 5.07. The van der Waals surface area contributed by atoms with E-state index in [9.17, 15) is 28.7 Å². The van der Waals surface area contributed by atoms with Gasteiger partial charge in [-0.05, 0) is 88.8 Å². The van der Waals surface area contributed by atoms with Gasteiger partial charge in [0.15, 0.2) is 0 Å². The van der Waals surface area contributed by atoms with Crippen molar-refractivity contribution in [3.8, 4) is 0 Å². The third-order valence-corrected chi connectivity index (χ3v) is 9.77. The van der Waals surface area contributed by atoms with E-state index in [0.29, 0.717) is 55.0 Å². The molecule has 0 radical (unpaired) electrons. The number of likely N-dealkylation sites (tertiary alicyclic amines) is 1. The lowest BCUT2D eigenvalue weighted by Crippen LogP contribution is -2.50. The van der Waals surface area contributed by atoms with E-state index < -0.39 is 36.4 Å². The van der Waals surface area contributed by atoms with Crippen molar-refractivity contribution in [2.75, 3.05) is 18.5 Å². The molecule has 0 bridgehead atoms. The number of pyridine rings is 1. The SMILES string of the molecule is CC(C)(C)OC(=O)N[C@H](CF)C1CCC(C(=O)N2CC[C@@H](C3CCCCC3)[C@H]2C(=O)Nc2ccc3[nH]c(C(=O)O)cc3n2)CC1. The van der Waals surface area contributed by atoms with Crippen molar-refractivity contribution in [3.63, 3.8) is 0 Å². The number of rotatable bonds is 8. The molecule has 2 aromatic rings. The second-order valence-corrected chi connectivity index (χ2v) is 14.0. The van der Waals surface area contributed by atoms with Crippen molar-refractivity contribution in [2.45, 2.75) is 103 Å². The average Bonchev–Trinajstić information content (AvgIpc) is 3.64. The van der Waals surface area contributed by atoms with E-state index in [4.69, 9.17) is 4.74 Å². The normalized spacial score (nSPS) is 25.1. The Morgan fingerprint density at radius 3 is 2.42 bits per heavy atom. The topological polar surface area (TPSA) is 154 Å². The largest absolute Gasteiger partial charge is 0.477 e. The molecule has 0 spiro atoms. The van der Waals surface area contributed by atoms with Crippen LogP contribution in [0.5, 0.6) is 0 Å². The number of alkyl carbamates (subject to hydrolysis) is 1. The van der Waals surface area contributed by atoms with Crippen LogP contribution in [0.1, 0.15) is 95.5 Å². The first kappa shape index (κ1) is 32.7. The zero-order chi connectivity index (χ0) is 32.3. The first-order valence-corrected chi connectivity index (χ1v) is 16.3. The van der Waals surface area contributed by atoms with Crippen LogP contribution in [-0.2, 0) is 14.3 Å². The van der Waals surface area contributed by atoms with E-state index in [-0.39, 0.29) is 35.3 Å². The highest BCUT2D eigenvalue weighted by atomic mass is 19.1. The Labute approximate surface area is 263 Å². The summed E-state index contributed by atoms with van der Waals surface area (Å²) in [6.07, 6.45) is 7.95. The van der Waals surface area contributed by atoms with Crippen LogP contribution in [-0.4, -0.2) is 74.8 Å². The van der Waals surface area contributed by atoms with Gasteiger partial charge in [0, 0.05) is 12.5 Å². The van der Waals surface area contributed by atoms with Gasteiger partial charge in [0.25, 0.3) is 0 Å². The lowest BCUT2D eigenvalue weighted by molar-refractivity contribution is -0.142. The Morgan fingerprint density at radius 2 is 1.78 bits per heavy atom. The minimum Gasteiger partial charge on any atom is -0.477 e. The number of fused-ring (bicyclic) bond motifs is 1. The Balaban J connectivity index is 1.27. The number of anilines is 1. The van der Waals surface area contributed by atoms with Gasteiger partial charge >= 0.3 is 12.1 Å². The summed E-state index contributed by atoms with van der Waals surface area (Å²) in [5.74, 6) is -1.06. The van der Waals surface area contributed by atoms with E-state index in [2.05, 4.69) is 20.6 Å². The number of aromatic carboxylic acids is 1. The number of ether oxygens (including phenoxy) is 1. The minimum atomic E-state index is -1.09. The van der Waals surface area contributed by atoms with Crippen molar-refractivity contribution < 1.29 is 33.4 Å². The lowest BCUT2D eigenvalue weighted by Gasteiger charge is -2.37. The van der Waals surface area contributed by atoms with Gasteiger partial charge in [0.05, 0.1) is 17.1 Å². The van der Waals surface area contributed by atoms with Crippen LogP contribution in [0.4, 0.5) is 15.0 Å². The predicted molar refractivity (Wildman–Crippen MR) is 166 cm³/mol. The molecule has 2 aliphatic carbocycles. The van der Waals surface area contributed by atoms with Crippen LogP contribution < -0.4 is 10.6 Å². The Bertz CT molecular complexity index is 1390. The number of aromatic nitrogens is 2. The van der Waals surface area contributed by atoms with Crippen LogP contribution in [0.3, 0.4) is 0 Å². The number of H-pyrrole nitrogens is 1. The van der Waals surface area contributed by atoms with Gasteiger partial charge in [-0.2, -0.15) is 0 Å². The van der Waals surface area contributed by atoms with Crippen LogP contribution in [0.25, 0.3) is 11.0 Å². The van der Waals surface area contributed by atoms with Gasteiger partial charge < -0.3 is 30.4 Å². The summed E-state index contributed by atoms with van der Waals surface area (Å²) >= 11 is 0. The molecule has 3 fully saturated rings. The smallest absolute Gasteiger partial charge is 0.407 e. The van der Waals surface area contributed by atoms with E-state index in [1.54, 1.807) is 37.8 Å². The number of alkyl halides is 1. The van der Waals surface area contributed by atoms with Crippen molar-refractivity contribution in [3.05, 3.63) is 23.9 Å². The Kier molecular flexibility index (Phi) is 9.98. The fourth-order valence-electron chi connectivity index (χ4n) is 7.59. The fraction of sp³-hybridized carbons (Fsp3) is 0.667. The Morgan fingerprint density at radius 1 is 1.07 bits per heavy atom. The van der Waals surface area contributed by atoms with Crippen LogP contribution in [0.2, 0.25) is 0 Å². The summed E-state index contributed by atoms with van der Waals surface area (Å²) in [6, 6.07) is 3.45. The fourth-order valence-corrected chi connectivity index (χ4v) is 7.59. The van der Waals surface area contributed by atoms with Gasteiger partial charge in [-0.1, -0.05) is 32.1 Å². The molecule has 3 amide bonds. The number of carbonyl (C=O) groups is 4. The summed E-state index contributed by atoms with van der Waals surface area (Å²) in [5, 5.41) is 14.9. The maximum absolute atomic E-state index is 14.0. The van der Waals surface area contributed by atoms with Crippen LogP contribution in [0.15, 0.2) is 18.2 Å². The molecule has 0 unspecified atom stereocenters. The van der Waals surface area contributed by atoms with E-state index in [0.717, 1.165) is 32.1 Å². The lowest BCUT2D eigenvalue weighted by atomic mass is 9.76. The van der Waals surface area contributed by atoms with Crippen molar-refractivity contribution >= 4 is 40.7 Å². The second kappa shape index (κ2) is 13.7. The maximum Gasteiger partial charge on any atom is 0.407 e. The predicted octanol–water partition coefficient (Wildman–Crippen LogP) is 5.67. The highest BCUT2D eigenvalue weighted by Crippen LogP contribution is 2.41. The standard InChI is InChI=1S/C33H46FN5O6/c1-33(2,3)45-32(44)37-26(18-34)20-9-11-21(12-10-20)30(41)39-16-15-22(19-7-5-4-6-8-19)28(39)29(40)38-27-14-13-23-24(36-27)17-25(35-23)31(42)43/h13-14,17,19-22,26,28,35H,4-12,15-16,18H2,1-3H3,(H,37,44)(H,42,43)(H,36,38,40)/t20?,21?,22-,26+,28-/m0/s1. The summed E-state index contributed by atoms with van der Waals surface area (Å²) in [4.78, 5) is 60.7. The molecular formula is C33H46FN5O6. The van der Waals surface area contributed by atoms with Gasteiger partial charge in [0.1, 0.15) is 29.8 Å². The zero-order valence-electron chi connectivity index (χ0n) is 26.4. The number of hydrogen-bond acceptors (Lipinski definition) is 6. The number of carboxylic acids is 1. The van der Waals surface area contributed by atoms with E-state index in [1.807, 2.05) is 0 Å². The van der Waals surface area contributed by atoms with Crippen molar-refractivity contribution in [1.29, 1.82) is 0 Å². The molecule has 0 aromatic carbocycles. The number of aromatic amines is 1. The molecule has 4 N–H and O–H groups in total. The molecule has 45 heavy (non-hydrogen) atoms. The van der Waals surface area contributed by atoms with Crippen LogP contribution >= 0.6 is 0 Å². The number of halogens is 1. The zero-order valence-corrected chi connectivity index (χ0v) is 26.4. The molecule has 2 aromatic heterocycles. The number of carbonyl (C=O) groups excluding carboxylic acids is 3. The molecule has 11 nitrogen and oxygen atoms in total. The molecule has 12 heteroatoms. The molecule has 3 aliphatic rings. The summed E-state index contributed by atoms with van der Waals surface area (Å²) < 4.78 is 19.3. The molecule has 1 saturated heterocycles. The monoisotopic (exact) mass is 627 g/mol. The molecule has 246 valence electrons. The Hall–Kier alpha value is -3.70. The molecule has 1 aliphatic heterocycles. The van der Waals surface area contributed by atoms with E-state index in [1.165, 1.54) is 12.5 Å². The minimum absolute atomic E-state index is 0.0130. The number of nitrogens with zero attached hydrogens (tertiary/aromatic N) is 2. The quantitative estimate of drug-likeness (QED) is 0.294. The molecule has 5 rings (SSSR count). The maximum atomic E-state index is 14.0. The molecule has 3 heterocycles. The average molecular weight is 628 g/mol. The first-order chi connectivity index (χ1) is 21.4. The summed E-state index contributed by atoms with van der Waals surface area (Å²) in [7, 11) is 0. The molecule has 2 saturated carbocycles. The highest BCUT2D eigenvalue weighted by molar-refractivity contribution is 5.99. The van der Waals surface area contributed by atoms with Gasteiger partial charge in [0.2, 0.25) is 11.8 Å². The number of nitrogens with one attached hydrogen (secondary N) is 3. The van der Waals surface area contributed by atoms with Gasteiger partial charge in [-0.25, -0.2) is 19.0 Å². The molecular weight excluding hydrogens is 581 g/mol. The number of amides is 3. The van der Waals surface area contributed by atoms with Crippen molar-refractivity contribution in [2.24, 2.45) is 23.7 Å². The number of hydrogen-bond donors (Lipinski definition) is 4. The summed E-state index contributed by atoms with van der Waals surface area (Å²) in [5.41, 5.74) is 0.310. The van der Waals surface area contributed by atoms with Crippen LogP contribution in [0, 0.1) is 23.7 Å².